The predicted octanol–water partition coefficient (Wildman–Crippen LogP) is 3.44. The number of hydrogen-bond donors (Lipinski definition) is 0. The van der Waals surface area contributed by atoms with Gasteiger partial charge < -0.3 is 0 Å². The number of allylic oxidation sites excluding steroid dienone is 2. The molecule has 1 aromatic rings. The maximum Gasteiger partial charge on any atom is 0.147 e. The maximum atomic E-state index is 4.05. The van der Waals surface area contributed by atoms with Crippen LogP contribution in [0.4, 0.5) is 0 Å². The van der Waals surface area contributed by atoms with Crippen molar-refractivity contribution in [3.05, 3.63) is 48.1 Å². The van der Waals surface area contributed by atoms with Crippen LogP contribution in [0.5, 0.6) is 0 Å². The largest absolute Gasteiger partial charge is 0.147 e. The Bertz CT molecular complexity index is 369. The van der Waals surface area contributed by atoms with Gasteiger partial charge in [-0.2, -0.15) is 0 Å². The first-order valence-corrected chi connectivity index (χ1v) is 6.55. The Labute approximate surface area is 87.4 Å². The average Bonchev–Trinajstić information content (AvgIpc) is 2.15. The zero-order valence-corrected chi connectivity index (χ0v) is 9.72. The quantitative estimate of drug-likeness (QED) is 0.521. The van der Waals surface area contributed by atoms with Crippen molar-refractivity contribution in [3.63, 3.8) is 0 Å². The summed E-state index contributed by atoms with van der Waals surface area (Å²) in [6.07, 6.45) is 8.14. The molecule has 0 heterocycles. The molecule has 0 nitrogen and oxygen atoms in total. The maximum absolute atomic E-state index is 4.05. The van der Waals surface area contributed by atoms with Crippen molar-refractivity contribution in [1.82, 2.24) is 0 Å². The Morgan fingerprint density at radius 1 is 1.29 bits per heavy atom. The molecule has 1 rings (SSSR count). The average molecular weight is 203 g/mol. The summed E-state index contributed by atoms with van der Waals surface area (Å²) in [6.45, 7) is 7.98. The summed E-state index contributed by atoms with van der Waals surface area (Å²) in [4.78, 5) is 0. The molecule has 0 aromatic heterocycles. The van der Waals surface area contributed by atoms with Gasteiger partial charge in [-0.1, -0.05) is 36.4 Å². The highest BCUT2D eigenvalue weighted by atomic mass is 31.1. The molecule has 0 spiro atoms. The van der Waals surface area contributed by atoms with Crippen LogP contribution in [0.15, 0.2) is 42.5 Å². The smallest absolute Gasteiger partial charge is 0.0961 e. The van der Waals surface area contributed by atoms with Crippen molar-refractivity contribution in [2.45, 2.75) is 6.92 Å². The molecule has 0 aliphatic heterocycles. The van der Waals surface area contributed by atoms with Crippen LogP contribution in [0.1, 0.15) is 12.5 Å². The van der Waals surface area contributed by atoms with Crippen LogP contribution in [0.25, 0.3) is 6.08 Å². The van der Waals surface area contributed by atoms with Gasteiger partial charge >= 0.3 is 0 Å². The van der Waals surface area contributed by atoms with E-state index in [1.165, 1.54) is 10.9 Å². The Balaban J connectivity index is 2.83. The summed E-state index contributed by atoms with van der Waals surface area (Å²) < 4.78 is 0. The summed E-state index contributed by atoms with van der Waals surface area (Å²) in [6, 6.07) is 8.55. The van der Waals surface area contributed by atoms with Crippen molar-refractivity contribution in [1.29, 1.82) is 0 Å². The highest BCUT2D eigenvalue weighted by Gasteiger charge is 2.01. The molecule has 0 aliphatic carbocycles. The molecule has 0 radical (unpaired) electrons. The highest BCUT2D eigenvalue weighted by molar-refractivity contribution is 7.62. The molecule has 0 N–H and O–H groups in total. The molecule has 0 saturated heterocycles. The topological polar surface area (TPSA) is 0 Å². The van der Waals surface area contributed by atoms with Gasteiger partial charge in [-0.15, -0.1) is 0 Å². The van der Waals surface area contributed by atoms with E-state index in [1.807, 2.05) is 13.0 Å². The van der Waals surface area contributed by atoms with Crippen molar-refractivity contribution in [2.75, 3.05) is 6.66 Å². The minimum absolute atomic E-state index is 0.221. The van der Waals surface area contributed by atoms with Crippen LogP contribution in [-0.4, -0.2) is 13.0 Å². The fourth-order valence-corrected chi connectivity index (χ4v) is 1.74. The monoisotopic (exact) mass is 203 g/mol. The lowest BCUT2D eigenvalue weighted by Crippen LogP contribution is -1.93. The van der Waals surface area contributed by atoms with Crippen LogP contribution in [0, 0.1) is 0 Å². The highest BCUT2D eigenvalue weighted by Crippen LogP contribution is 2.13. The van der Waals surface area contributed by atoms with Crippen molar-refractivity contribution < 1.29 is 0 Å². The van der Waals surface area contributed by atoms with Crippen molar-refractivity contribution in [2.24, 2.45) is 0 Å². The summed E-state index contributed by atoms with van der Waals surface area (Å²) in [5.74, 6) is 0. The van der Waals surface area contributed by atoms with Gasteiger partial charge in [-0.25, -0.2) is 0 Å². The van der Waals surface area contributed by atoms with Gasteiger partial charge in [0.1, 0.15) is 19.5 Å². The number of benzene rings is 1. The molecular formula is C13H16P+. The van der Waals surface area contributed by atoms with E-state index in [4.69, 9.17) is 0 Å². The van der Waals surface area contributed by atoms with Gasteiger partial charge in [0.15, 0.2) is 0 Å². The third-order valence-electron chi connectivity index (χ3n) is 1.89. The molecule has 0 saturated carbocycles. The first-order valence-electron chi connectivity index (χ1n) is 4.57. The first kappa shape index (κ1) is 10.9. The second kappa shape index (κ2) is 4.93. The van der Waals surface area contributed by atoms with E-state index >= 15 is 0 Å². The standard InChI is InChI=1S/C13H16P/c1-11(2)5-6-12-7-9-13(10-8-12)14(3)4/h5-10H,1,3H2,2,4H3/q+1/b6-5+. The lowest BCUT2D eigenvalue weighted by Gasteiger charge is -1.93. The zero-order valence-electron chi connectivity index (χ0n) is 8.83. The minimum atomic E-state index is -0.221. The molecule has 72 valence electrons. The van der Waals surface area contributed by atoms with Gasteiger partial charge in [0.05, 0.1) is 6.30 Å². The van der Waals surface area contributed by atoms with Crippen LogP contribution in [0.2, 0.25) is 0 Å². The Hall–Kier alpha value is -1.13. The fraction of sp³-hybridized carbons (Fsp3) is 0.154. The zero-order chi connectivity index (χ0) is 10.6. The SMILES string of the molecule is C=C(C)/C=C/c1ccc([P+](=C)C)cc1. The van der Waals surface area contributed by atoms with E-state index in [1.54, 1.807) is 0 Å². The first-order chi connectivity index (χ1) is 6.59. The third-order valence-corrected chi connectivity index (χ3v) is 3.07. The molecule has 1 aromatic carbocycles. The lowest BCUT2D eigenvalue weighted by atomic mass is 10.2. The van der Waals surface area contributed by atoms with E-state index in [0.717, 1.165) is 5.57 Å². The van der Waals surface area contributed by atoms with E-state index in [2.05, 4.69) is 49.9 Å². The van der Waals surface area contributed by atoms with E-state index in [9.17, 15) is 0 Å². The van der Waals surface area contributed by atoms with Crippen molar-refractivity contribution >= 4 is 25.2 Å². The molecule has 1 atom stereocenters. The van der Waals surface area contributed by atoms with Crippen LogP contribution < -0.4 is 5.30 Å². The van der Waals surface area contributed by atoms with Gasteiger partial charge in [-0.05, 0) is 24.6 Å². The van der Waals surface area contributed by atoms with E-state index in [0.29, 0.717) is 0 Å². The molecule has 0 bridgehead atoms. The lowest BCUT2D eigenvalue weighted by molar-refractivity contribution is 1.57. The minimum Gasteiger partial charge on any atom is -0.0961 e. The Morgan fingerprint density at radius 2 is 1.86 bits per heavy atom. The van der Waals surface area contributed by atoms with Crippen LogP contribution in [-0.2, 0) is 0 Å². The predicted molar refractivity (Wildman–Crippen MR) is 69.9 cm³/mol. The molecule has 0 aliphatic rings. The number of rotatable bonds is 3. The second-order valence-electron chi connectivity index (χ2n) is 3.47. The summed E-state index contributed by atoms with van der Waals surface area (Å²) >= 11 is 0. The van der Waals surface area contributed by atoms with Gasteiger partial charge in [0.2, 0.25) is 0 Å². The van der Waals surface area contributed by atoms with E-state index < -0.39 is 0 Å². The fourth-order valence-electron chi connectivity index (χ4n) is 1.08. The summed E-state index contributed by atoms with van der Waals surface area (Å²) in [5.41, 5.74) is 2.29. The van der Waals surface area contributed by atoms with E-state index in [-0.39, 0.29) is 7.55 Å². The van der Waals surface area contributed by atoms with Gasteiger partial charge in [0.25, 0.3) is 0 Å². The molecule has 14 heavy (non-hydrogen) atoms. The Kier molecular flexibility index (Phi) is 3.85. The third kappa shape index (κ3) is 3.32. The molecular weight excluding hydrogens is 187 g/mol. The Morgan fingerprint density at radius 3 is 2.29 bits per heavy atom. The van der Waals surface area contributed by atoms with Crippen LogP contribution >= 0.6 is 7.55 Å². The molecule has 0 fully saturated rings. The summed E-state index contributed by atoms with van der Waals surface area (Å²) in [7, 11) is -0.221. The number of hydrogen-bond acceptors (Lipinski definition) is 0. The van der Waals surface area contributed by atoms with Crippen molar-refractivity contribution in [3.8, 4) is 0 Å². The second-order valence-corrected chi connectivity index (χ2v) is 5.38. The molecule has 0 amide bonds. The van der Waals surface area contributed by atoms with Gasteiger partial charge in [-0.3, -0.25) is 0 Å². The van der Waals surface area contributed by atoms with Crippen LogP contribution in [0.3, 0.4) is 0 Å². The molecule has 1 unspecified atom stereocenters. The van der Waals surface area contributed by atoms with Gasteiger partial charge in [0, 0.05) is 0 Å². The molecule has 1 heteroatoms. The normalized spacial score (nSPS) is 11.7. The summed E-state index contributed by atoms with van der Waals surface area (Å²) in [5, 5.41) is 1.34.